The smallest absolute Gasteiger partial charge is 0.305 e. The number of esters is 1. The van der Waals surface area contributed by atoms with E-state index in [1.165, 1.54) is 161 Å². The Morgan fingerprint density at radius 1 is 0.487 bits per heavy atom. The number of hydrogen-bond donors (Lipinski definition) is 6. The molecule has 1 amide bonds. The summed E-state index contributed by atoms with van der Waals surface area (Å²) in [6.07, 6.45) is 60.3. The maximum atomic E-state index is 13.0. The molecule has 1 fully saturated rings. The van der Waals surface area contributed by atoms with E-state index in [1.807, 2.05) is 6.08 Å². The summed E-state index contributed by atoms with van der Waals surface area (Å²) >= 11 is 0. The van der Waals surface area contributed by atoms with Crippen LogP contribution in [0.1, 0.15) is 277 Å². The topological polar surface area (TPSA) is 175 Å². The molecule has 0 aromatic heterocycles. The lowest BCUT2D eigenvalue weighted by molar-refractivity contribution is -0.302. The number of aliphatic hydroxyl groups is 5. The fourth-order valence-electron chi connectivity index (χ4n) is 9.53. The van der Waals surface area contributed by atoms with Crippen molar-refractivity contribution in [1.82, 2.24) is 5.32 Å². The van der Waals surface area contributed by atoms with Crippen molar-refractivity contribution in [3.05, 3.63) is 60.8 Å². The average molecular weight is 1070 g/mol. The van der Waals surface area contributed by atoms with Gasteiger partial charge in [0.2, 0.25) is 5.91 Å². The number of amides is 1. The van der Waals surface area contributed by atoms with Crippen molar-refractivity contribution in [3.8, 4) is 0 Å². The normalized spacial score (nSPS) is 19.1. The van der Waals surface area contributed by atoms with Crippen molar-refractivity contribution in [2.75, 3.05) is 19.8 Å². The summed E-state index contributed by atoms with van der Waals surface area (Å²) in [5.74, 6) is -0.219. The molecule has 0 saturated carbocycles. The third-order valence-electron chi connectivity index (χ3n) is 14.6. The first kappa shape index (κ1) is 71.4. The Morgan fingerprint density at radius 3 is 1.41 bits per heavy atom. The van der Waals surface area contributed by atoms with Gasteiger partial charge in [-0.1, -0.05) is 222 Å². The third-order valence-corrected chi connectivity index (χ3v) is 14.6. The van der Waals surface area contributed by atoms with Crippen LogP contribution in [0.15, 0.2) is 60.8 Å². The fourth-order valence-corrected chi connectivity index (χ4v) is 9.53. The lowest BCUT2D eigenvalue weighted by Crippen LogP contribution is -2.60. The van der Waals surface area contributed by atoms with Gasteiger partial charge in [0.25, 0.3) is 0 Å². The zero-order chi connectivity index (χ0) is 55.2. The molecule has 0 aliphatic carbocycles. The second kappa shape index (κ2) is 54.3. The van der Waals surface area contributed by atoms with Gasteiger partial charge in [0.15, 0.2) is 6.29 Å². The number of unbranched alkanes of at least 4 members (excludes halogenated alkanes) is 32. The van der Waals surface area contributed by atoms with Gasteiger partial charge < -0.3 is 45.1 Å². The first-order valence-electron chi connectivity index (χ1n) is 31.6. The Hall–Kier alpha value is -2.64. The highest BCUT2D eigenvalue weighted by atomic mass is 16.7. The van der Waals surface area contributed by atoms with Gasteiger partial charge in [-0.2, -0.15) is 0 Å². The van der Waals surface area contributed by atoms with Gasteiger partial charge in [-0.15, -0.1) is 0 Å². The van der Waals surface area contributed by atoms with Crippen molar-refractivity contribution in [1.29, 1.82) is 0 Å². The molecule has 11 nitrogen and oxygen atoms in total. The number of ether oxygens (including phenoxy) is 3. The van der Waals surface area contributed by atoms with E-state index in [0.717, 1.165) is 89.9 Å². The monoisotopic (exact) mass is 1070 g/mol. The van der Waals surface area contributed by atoms with Crippen molar-refractivity contribution in [3.63, 3.8) is 0 Å². The highest BCUT2D eigenvalue weighted by molar-refractivity contribution is 5.76. The van der Waals surface area contributed by atoms with Gasteiger partial charge in [-0.25, -0.2) is 0 Å². The molecular weight excluding hydrogens is 955 g/mol. The van der Waals surface area contributed by atoms with E-state index in [0.29, 0.717) is 19.4 Å². The number of nitrogens with one attached hydrogen (secondary N) is 1. The minimum atomic E-state index is -1.58. The molecule has 11 heteroatoms. The van der Waals surface area contributed by atoms with Gasteiger partial charge >= 0.3 is 5.97 Å². The Bertz CT molecular complexity index is 1450. The van der Waals surface area contributed by atoms with E-state index in [2.05, 4.69) is 67.8 Å². The van der Waals surface area contributed by atoms with E-state index >= 15 is 0 Å². The molecule has 0 aromatic carbocycles. The second-order valence-electron chi connectivity index (χ2n) is 21.7. The van der Waals surface area contributed by atoms with Crippen molar-refractivity contribution in [2.24, 2.45) is 0 Å². The Morgan fingerprint density at radius 2 is 0.895 bits per heavy atom. The number of allylic oxidation sites excluding steroid dienone is 9. The van der Waals surface area contributed by atoms with Crippen LogP contribution in [0.5, 0.6) is 0 Å². The van der Waals surface area contributed by atoms with Crippen molar-refractivity contribution >= 4 is 11.9 Å². The van der Waals surface area contributed by atoms with Crippen molar-refractivity contribution < 1.29 is 49.3 Å². The van der Waals surface area contributed by atoms with Gasteiger partial charge in [-0.3, -0.25) is 9.59 Å². The summed E-state index contributed by atoms with van der Waals surface area (Å²) in [6, 6.07) is -0.836. The Kier molecular flexibility index (Phi) is 51.0. The highest BCUT2D eigenvalue weighted by Gasteiger charge is 2.44. The maximum Gasteiger partial charge on any atom is 0.305 e. The molecule has 7 atom stereocenters. The lowest BCUT2D eigenvalue weighted by Gasteiger charge is -2.40. The van der Waals surface area contributed by atoms with Crippen LogP contribution in [0.25, 0.3) is 0 Å². The first-order valence-corrected chi connectivity index (χ1v) is 31.6. The third kappa shape index (κ3) is 43.3. The molecule has 6 N–H and O–H groups in total. The zero-order valence-electron chi connectivity index (χ0n) is 48.7. The number of carbonyl (C=O) groups is 2. The number of hydrogen-bond acceptors (Lipinski definition) is 10. The van der Waals surface area contributed by atoms with Crippen LogP contribution in [-0.4, -0.2) is 100 Å². The van der Waals surface area contributed by atoms with Crippen LogP contribution >= 0.6 is 0 Å². The largest absolute Gasteiger partial charge is 0.466 e. The lowest BCUT2D eigenvalue weighted by atomic mass is 9.99. The zero-order valence-corrected chi connectivity index (χ0v) is 48.7. The quantitative estimate of drug-likeness (QED) is 0.0195. The summed E-state index contributed by atoms with van der Waals surface area (Å²) in [5.41, 5.74) is 0. The molecule has 1 aliphatic heterocycles. The maximum absolute atomic E-state index is 13.0. The van der Waals surface area contributed by atoms with Crippen LogP contribution in [0.3, 0.4) is 0 Å². The molecule has 1 aliphatic rings. The number of carbonyl (C=O) groups excluding carboxylic acids is 2. The van der Waals surface area contributed by atoms with Crippen molar-refractivity contribution in [2.45, 2.75) is 320 Å². The molecular formula is C65H117NO10. The summed E-state index contributed by atoms with van der Waals surface area (Å²) in [5, 5.41) is 54.4. The molecule has 7 unspecified atom stereocenters. The fraction of sp³-hybridized carbons (Fsp3) is 0.815. The molecule has 76 heavy (non-hydrogen) atoms. The summed E-state index contributed by atoms with van der Waals surface area (Å²) < 4.78 is 16.7. The van der Waals surface area contributed by atoms with Crippen LogP contribution < -0.4 is 5.32 Å². The minimum Gasteiger partial charge on any atom is -0.466 e. The van der Waals surface area contributed by atoms with Gasteiger partial charge in [-0.05, 0) is 103 Å². The van der Waals surface area contributed by atoms with E-state index in [9.17, 15) is 35.1 Å². The molecule has 1 saturated heterocycles. The van der Waals surface area contributed by atoms with Crippen LogP contribution in [0.2, 0.25) is 0 Å². The Labute approximate surface area is 465 Å². The minimum absolute atomic E-state index is 0.0159. The highest BCUT2D eigenvalue weighted by Crippen LogP contribution is 2.23. The molecule has 0 aromatic rings. The molecule has 1 rings (SSSR count). The van der Waals surface area contributed by atoms with E-state index in [-0.39, 0.29) is 18.5 Å². The van der Waals surface area contributed by atoms with E-state index < -0.39 is 49.5 Å². The second-order valence-corrected chi connectivity index (χ2v) is 21.7. The van der Waals surface area contributed by atoms with Crippen LogP contribution in [0, 0.1) is 0 Å². The SMILES string of the molecule is CCCCC/C=C\CCCCCCCC(=O)OCCCCCCCCCCC/C=C\C/C=C\CCCCCCCCCC(=O)NC(COC1OC(CO)C(O)C(O)C1O)C(O)/C=C/CC/C=C/CCCCCCCCC. The predicted octanol–water partition coefficient (Wildman–Crippen LogP) is 15.0. The molecule has 442 valence electrons. The molecule has 0 bridgehead atoms. The van der Waals surface area contributed by atoms with Gasteiger partial charge in [0.1, 0.15) is 24.4 Å². The number of aliphatic hydroxyl groups excluding tert-OH is 5. The average Bonchev–Trinajstić information content (AvgIpc) is 3.42. The van der Waals surface area contributed by atoms with Gasteiger partial charge in [0, 0.05) is 12.8 Å². The summed E-state index contributed by atoms with van der Waals surface area (Å²) in [7, 11) is 0. The molecule has 0 spiro atoms. The van der Waals surface area contributed by atoms with Crippen LogP contribution in [-0.2, 0) is 23.8 Å². The Balaban J connectivity index is 2.09. The standard InChI is InChI=1S/C65H117NO10/c1-3-5-7-9-11-13-15-28-31-35-39-43-47-51-58(68)57(56-75-65-64(73)63(72)62(71)59(55-67)76-65)66-60(69)52-48-44-40-36-32-29-26-24-22-20-18-17-19-21-23-25-27-30-34-38-42-46-50-54-74-61(70)53-49-45-41-37-33-16-14-12-10-8-6-4-2/h12,14,17,19-20,22,31,35,47,51,57-59,62-65,67-68,71-73H,3-11,13,15-16,18,21,23-30,32-34,36-46,48-50,52-56H2,1-2H3,(H,66,69)/b14-12-,19-17-,22-20-,35-31+,51-47+. The molecule has 0 radical (unpaired) electrons. The summed E-state index contributed by atoms with van der Waals surface area (Å²) in [4.78, 5) is 25.1. The van der Waals surface area contributed by atoms with Crippen LogP contribution in [0.4, 0.5) is 0 Å². The summed E-state index contributed by atoms with van der Waals surface area (Å²) in [6.45, 7) is 4.28. The number of rotatable bonds is 54. The molecule has 1 heterocycles. The predicted molar refractivity (Wildman–Crippen MR) is 315 cm³/mol. The first-order chi connectivity index (χ1) is 37.2. The van der Waals surface area contributed by atoms with E-state index in [1.54, 1.807) is 6.08 Å². The van der Waals surface area contributed by atoms with Gasteiger partial charge in [0.05, 0.1) is 32.0 Å². The van der Waals surface area contributed by atoms with E-state index in [4.69, 9.17) is 14.2 Å².